The minimum Gasteiger partial charge on any atom is -0.344 e. The minimum absolute atomic E-state index is 0.0413. The van der Waals surface area contributed by atoms with Crippen molar-refractivity contribution in [1.29, 1.82) is 0 Å². The van der Waals surface area contributed by atoms with E-state index in [0.29, 0.717) is 5.02 Å². The van der Waals surface area contributed by atoms with Crippen LogP contribution in [0.5, 0.6) is 0 Å². The number of hydrogen-bond acceptors (Lipinski definition) is 2. The molecule has 0 spiro atoms. The molecule has 0 aliphatic carbocycles. The molecule has 0 saturated heterocycles. The quantitative estimate of drug-likeness (QED) is 0.706. The van der Waals surface area contributed by atoms with Crippen molar-refractivity contribution in [3.8, 4) is 0 Å². The average Bonchev–Trinajstić information content (AvgIpc) is 3.10. The minimum atomic E-state index is -0.133. The second-order valence-electron chi connectivity index (χ2n) is 5.19. The van der Waals surface area contributed by atoms with Crippen LogP contribution in [0.2, 0.25) is 5.02 Å². The predicted octanol–water partition coefficient (Wildman–Crippen LogP) is 4.85. The maximum absolute atomic E-state index is 12.5. The molecule has 0 fully saturated rings. The van der Waals surface area contributed by atoms with E-state index in [2.05, 4.69) is 5.32 Å². The average molecular weight is 342 g/mol. The Morgan fingerprint density at radius 1 is 1.00 bits per heavy atom. The molecule has 1 amide bonds. The van der Waals surface area contributed by atoms with Gasteiger partial charge in [0.2, 0.25) is 5.91 Å². The van der Waals surface area contributed by atoms with Gasteiger partial charge in [0.25, 0.3) is 0 Å². The zero-order valence-electron chi connectivity index (χ0n) is 12.4. The lowest BCUT2D eigenvalue weighted by Crippen LogP contribution is -2.30. The number of nitrogens with one attached hydrogen (secondary N) is 1. The van der Waals surface area contributed by atoms with Crippen LogP contribution >= 0.6 is 22.9 Å². The number of hydrogen-bond donors (Lipinski definition) is 1. The fourth-order valence-corrected chi connectivity index (χ4v) is 3.45. The van der Waals surface area contributed by atoms with Crippen molar-refractivity contribution in [2.75, 3.05) is 0 Å². The smallest absolute Gasteiger partial charge is 0.225 e. The molecule has 3 aromatic rings. The Kier molecular flexibility index (Phi) is 5.11. The van der Waals surface area contributed by atoms with E-state index >= 15 is 0 Å². The van der Waals surface area contributed by atoms with Crippen molar-refractivity contribution in [2.45, 2.75) is 12.5 Å². The largest absolute Gasteiger partial charge is 0.344 e. The Balaban J connectivity index is 1.79. The molecule has 1 aromatic heterocycles. The second-order valence-corrected chi connectivity index (χ2v) is 6.58. The zero-order chi connectivity index (χ0) is 16.1. The van der Waals surface area contributed by atoms with Crippen LogP contribution in [0.3, 0.4) is 0 Å². The van der Waals surface area contributed by atoms with E-state index < -0.39 is 0 Å². The SMILES string of the molecule is O=C(Cc1ccccc1Cl)NC(c1ccccc1)c1cccs1. The van der Waals surface area contributed by atoms with Crippen molar-refractivity contribution in [2.24, 2.45) is 0 Å². The lowest BCUT2D eigenvalue weighted by atomic mass is 10.0. The lowest BCUT2D eigenvalue weighted by Gasteiger charge is -2.18. The first kappa shape index (κ1) is 15.8. The molecule has 0 saturated carbocycles. The maximum Gasteiger partial charge on any atom is 0.225 e. The van der Waals surface area contributed by atoms with Gasteiger partial charge in [0.15, 0.2) is 0 Å². The van der Waals surface area contributed by atoms with Gasteiger partial charge in [-0.15, -0.1) is 11.3 Å². The highest BCUT2D eigenvalue weighted by atomic mass is 35.5. The molecule has 1 heterocycles. The van der Waals surface area contributed by atoms with E-state index in [-0.39, 0.29) is 18.4 Å². The summed E-state index contributed by atoms with van der Waals surface area (Å²) in [5, 5.41) is 5.76. The van der Waals surface area contributed by atoms with Crippen LogP contribution in [0.4, 0.5) is 0 Å². The van der Waals surface area contributed by atoms with Gasteiger partial charge >= 0.3 is 0 Å². The molecule has 1 atom stereocenters. The second kappa shape index (κ2) is 7.44. The molecule has 0 radical (unpaired) electrons. The van der Waals surface area contributed by atoms with Crippen LogP contribution in [0.25, 0.3) is 0 Å². The Morgan fingerprint density at radius 3 is 2.43 bits per heavy atom. The van der Waals surface area contributed by atoms with Gasteiger partial charge in [-0.2, -0.15) is 0 Å². The van der Waals surface area contributed by atoms with Gasteiger partial charge in [0, 0.05) is 9.90 Å². The Bertz CT molecular complexity index is 771. The molecular formula is C19H16ClNOS. The maximum atomic E-state index is 12.5. The third-order valence-corrected chi connectivity index (χ3v) is 4.88. The molecule has 0 bridgehead atoms. The third kappa shape index (κ3) is 4.01. The van der Waals surface area contributed by atoms with Gasteiger partial charge in [-0.1, -0.05) is 66.2 Å². The van der Waals surface area contributed by atoms with Gasteiger partial charge in [-0.25, -0.2) is 0 Å². The van der Waals surface area contributed by atoms with E-state index in [0.717, 1.165) is 16.0 Å². The normalized spacial score (nSPS) is 11.9. The van der Waals surface area contributed by atoms with E-state index in [1.807, 2.05) is 66.0 Å². The van der Waals surface area contributed by atoms with Crippen molar-refractivity contribution >= 4 is 28.8 Å². The number of carbonyl (C=O) groups excluding carboxylic acids is 1. The summed E-state index contributed by atoms with van der Waals surface area (Å²) in [6, 6.07) is 21.3. The van der Waals surface area contributed by atoms with Crippen LogP contribution in [-0.4, -0.2) is 5.91 Å². The lowest BCUT2D eigenvalue weighted by molar-refractivity contribution is -0.120. The van der Waals surface area contributed by atoms with Crippen molar-refractivity contribution < 1.29 is 4.79 Å². The first-order chi connectivity index (χ1) is 11.2. The topological polar surface area (TPSA) is 29.1 Å². The molecule has 4 heteroatoms. The molecule has 2 nitrogen and oxygen atoms in total. The third-order valence-electron chi connectivity index (χ3n) is 3.57. The Hall–Kier alpha value is -2.10. The highest BCUT2D eigenvalue weighted by Crippen LogP contribution is 2.26. The number of carbonyl (C=O) groups is 1. The summed E-state index contributed by atoms with van der Waals surface area (Å²) in [5.74, 6) is -0.0413. The summed E-state index contributed by atoms with van der Waals surface area (Å²) in [4.78, 5) is 13.6. The molecule has 3 rings (SSSR count). The first-order valence-corrected chi connectivity index (χ1v) is 8.61. The summed E-state index contributed by atoms with van der Waals surface area (Å²) in [6.45, 7) is 0. The number of rotatable bonds is 5. The number of benzene rings is 2. The van der Waals surface area contributed by atoms with Crippen molar-refractivity contribution in [3.63, 3.8) is 0 Å². The van der Waals surface area contributed by atoms with E-state index in [1.54, 1.807) is 17.4 Å². The molecular weight excluding hydrogens is 326 g/mol. The summed E-state index contributed by atoms with van der Waals surface area (Å²) in [6.07, 6.45) is 0.272. The highest BCUT2D eigenvalue weighted by Gasteiger charge is 2.18. The Labute approximate surface area is 144 Å². The van der Waals surface area contributed by atoms with Crippen molar-refractivity contribution in [3.05, 3.63) is 93.1 Å². The van der Waals surface area contributed by atoms with Crippen LogP contribution < -0.4 is 5.32 Å². The van der Waals surface area contributed by atoms with Crippen molar-refractivity contribution in [1.82, 2.24) is 5.32 Å². The molecule has 2 aromatic carbocycles. The van der Waals surface area contributed by atoms with Gasteiger partial charge in [-0.05, 0) is 28.6 Å². The summed E-state index contributed by atoms with van der Waals surface area (Å²) in [7, 11) is 0. The van der Waals surface area contributed by atoms with E-state index in [4.69, 9.17) is 11.6 Å². The molecule has 116 valence electrons. The van der Waals surface area contributed by atoms with Gasteiger partial charge < -0.3 is 5.32 Å². The van der Waals surface area contributed by atoms with Gasteiger partial charge in [0.1, 0.15) is 0 Å². The molecule has 23 heavy (non-hydrogen) atoms. The fourth-order valence-electron chi connectivity index (χ4n) is 2.45. The number of amides is 1. The monoisotopic (exact) mass is 341 g/mol. The summed E-state index contributed by atoms with van der Waals surface area (Å²) < 4.78 is 0. The molecule has 0 aliphatic rings. The van der Waals surface area contributed by atoms with Gasteiger partial charge in [-0.3, -0.25) is 4.79 Å². The number of halogens is 1. The van der Waals surface area contributed by atoms with Crippen LogP contribution in [0, 0.1) is 0 Å². The molecule has 1 unspecified atom stereocenters. The van der Waals surface area contributed by atoms with E-state index in [9.17, 15) is 4.79 Å². The fraction of sp³-hybridized carbons (Fsp3) is 0.105. The Morgan fingerprint density at radius 2 is 1.74 bits per heavy atom. The molecule has 1 N–H and O–H groups in total. The zero-order valence-corrected chi connectivity index (χ0v) is 14.0. The van der Waals surface area contributed by atoms with E-state index in [1.165, 1.54) is 0 Å². The summed E-state index contributed by atoms with van der Waals surface area (Å²) >= 11 is 7.78. The standard InChI is InChI=1S/C19H16ClNOS/c20-16-10-5-4-9-15(16)13-18(22)21-19(17-11-6-12-23-17)14-7-2-1-3-8-14/h1-12,19H,13H2,(H,21,22). The van der Waals surface area contributed by atoms with Gasteiger partial charge in [0.05, 0.1) is 12.5 Å². The van der Waals surface area contributed by atoms with Crippen LogP contribution in [-0.2, 0) is 11.2 Å². The number of thiophene rings is 1. The first-order valence-electron chi connectivity index (χ1n) is 7.35. The van der Waals surface area contributed by atoms with Crippen LogP contribution in [0.15, 0.2) is 72.1 Å². The highest BCUT2D eigenvalue weighted by molar-refractivity contribution is 7.10. The van der Waals surface area contributed by atoms with Crippen LogP contribution in [0.1, 0.15) is 22.0 Å². The molecule has 0 aliphatic heterocycles. The predicted molar refractivity (Wildman–Crippen MR) is 95.9 cm³/mol. The summed E-state index contributed by atoms with van der Waals surface area (Å²) in [5.41, 5.74) is 1.91.